The number of benzene rings is 1. The normalized spacial score (nSPS) is 27.8. The van der Waals surface area contributed by atoms with Gasteiger partial charge in [0.25, 0.3) is 0 Å². The van der Waals surface area contributed by atoms with Gasteiger partial charge in [-0.1, -0.05) is 31.9 Å². The fourth-order valence-corrected chi connectivity index (χ4v) is 8.43. The third-order valence-corrected chi connectivity index (χ3v) is 10.0. The molecule has 0 aromatic heterocycles. The number of carbonyl (C=O) groups is 1. The van der Waals surface area contributed by atoms with Gasteiger partial charge in [0.05, 0.1) is 29.2 Å². The highest BCUT2D eigenvalue weighted by atomic mass is 32.2. The molecular formula is C22H33N3O5S2. The van der Waals surface area contributed by atoms with Crippen molar-refractivity contribution in [3.63, 3.8) is 0 Å². The van der Waals surface area contributed by atoms with E-state index in [0.717, 1.165) is 35.8 Å². The molecular weight excluding hydrogens is 450 g/mol. The Bertz CT molecular complexity index is 1050. The largest absolute Gasteiger partial charge is 0.299 e. The van der Waals surface area contributed by atoms with Crippen LogP contribution in [0.5, 0.6) is 0 Å². The molecule has 10 heteroatoms. The van der Waals surface area contributed by atoms with E-state index in [9.17, 15) is 21.6 Å². The molecule has 4 rings (SSSR count). The van der Waals surface area contributed by atoms with Gasteiger partial charge in [-0.05, 0) is 56.5 Å². The van der Waals surface area contributed by atoms with Crippen molar-refractivity contribution in [3.8, 4) is 0 Å². The second kappa shape index (κ2) is 9.04. The first-order chi connectivity index (χ1) is 15.1. The molecule has 3 fully saturated rings. The monoisotopic (exact) mass is 483 g/mol. The van der Waals surface area contributed by atoms with Crippen LogP contribution in [0.15, 0.2) is 29.2 Å². The molecule has 3 heterocycles. The summed E-state index contributed by atoms with van der Waals surface area (Å²) in [6.45, 7) is 5.08. The zero-order chi connectivity index (χ0) is 23.1. The fraction of sp³-hybridized carbons (Fsp3) is 0.682. The Labute approximate surface area is 191 Å². The predicted molar refractivity (Wildman–Crippen MR) is 122 cm³/mol. The lowest BCUT2D eigenvalue weighted by Gasteiger charge is -2.27. The lowest BCUT2D eigenvalue weighted by molar-refractivity contribution is -0.128. The Morgan fingerprint density at radius 3 is 2.22 bits per heavy atom. The van der Waals surface area contributed by atoms with Crippen LogP contribution in [-0.2, 0) is 31.4 Å². The predicted octanol–water partition coefficient (Wildman–Crippen LogP) is 2.02. The Morgan fingerprint density at radius 1 is 0.969 bits per heavy atom. The van der Waals surface area contributed by atoms with Crippen molar-refractivity contribution in [2.75, 3.05) is 25.9 Å². The molecule has 8 nitrogen and oxygen atoms in total. The van der Waals surface area contributed by atoms with E-state index in [4.69, 9.17) is 0 Å². The Hall–Kier alpha value is -1.49. The number of fused-ring (bicyclic) bond motifs is 1. The molecule has 0 unspecified atom stereocenters. The molecule has 3 aliphatic rings. The number of carbonyl (C=O) groups excluding carboxylic acids is 1. The van der Waals surface area contributed by atoms with Crippen LogP contribution in [0, 0.1) is 5.92 Å². The van der Waals surface area contributed by atoms with Crippen molar-refractivity contribution < 1.29 is 21.6 Å². The smallest absolute Gasteiger partial charge is 0.243 e. The minimum absolute atomic E-state index is 0.195. The molecule has 1 amide bonds. The Morgan fingerprint density at radius 2 is 1.62 bits per heavy atom. The van der Waals surface area contributed by atoms with E-state index in [1.165, 1.54) is 23.6 Å². The van der Waals surface area contributed by atoms with E-state index in [-0.39, 0.29) is 11.4 Å². The summed E-state index contributed by atoms with van der Waals surface area (Å²) in [6, 6.07) is 5.74. The highest BCUT2D eigenvalue weighted by Crippen LogP contribution is 2.42. The van der Waals surface area contributed by atoms with Gasteiger partial charge < -0.3 is 0 Å². The van der Waals surface area contributed by atoms with Gasteiger partial charge in [0.2, 0.25) is 26.0 Å². The van der Waals surface area contributed by atoms with Crippen LogP contribution in [-0.4, -0.2) is 74.2 Å². The van der Waals surface area contributed by atoms with Crippen molar-refractivity contribution in [2.24, 2.45) is 5.92 Å². The highest BCUT2D eigenvalue weighted by Gasteiger charge is 2.58. The molecule has 3 aliphatic heterocycles. The molecule has 1 aromatic rings. The summed E-state index contributed by atoms with van der Waals surface area (Å²) in [6.07, 6.45) is 6.16. The molecule has 3 saturated heterocycles. The van der Waals surface area contributed by atoms with Crippen LogP contribution >= 0.6 is 0 Å². The van der Waals surface area contributed by atoms with Crippen LogP contribution in [0.4, 0.5) is 0 Å². The lowest BCUT2D eigenvalue weighted by Crippen LogP contribution is -2.43. The average molecular weight is 484 g/mol. The van der Waals surface area contributed by atoms with Crippen LogP contribution in [0.3, 0.4) is 0 Å². The number of nitrogens with zero attached hydrogens (tertiary/aromatic N) is 3. The van der Waals surface area contributed by atoms with Crippen molar-refractivity contribution in [1.82, 2.24) is 13.5 Å². The third kappa shape index (κ3) is 4.34. The van der Waals surface area contributed by atoms with E-state index in [1.807, 2.05) is 19.1 Å². The standard InChI is InChI=1S/C22H33N3O5S2/c1-3-7-19-21-20(25(22(19)26)31(2,27)28)12-15-24(21)32(29,30)18-10-8-17(9-11-18)16-23-13-5-4-6-14-23/h8-11,19-21H,3-7,12-16H2,1-2H3/t19-,20+,21-/m1/s1. The molecule has 32 heavy (non-hydrogen) atoms. The van der Waals surface area contributed by atoms with Crippen LogP contribution < -0.4 is 0 Å². The summed E-state index contributed by atoms with van der Waals surface area (Å²) >= 11 is 0. The first-order valence-electron chi connectivity index (χ1n) is 11.5. The lowest BCUT2D eigenvalue weighted by atomic mass is 9.95. The number of hydrogen-bond acceptors (Lipinski definition) is 6. The summed E-state index contributed by atoms with van der Waals surface area (Å²) in [5.74, 6) is -1.10. The minimum atomic E-state index is -3.84. The third-order valence-electron chi connectivity index (χ3n) is 6.96. The molecule has 178 valence electrons. The number of likely N-dealkylation sites (tertiary alicyclic amines) is 1. The van der Waals surface area contributed by atoms with E-state index >= 15 is 0 Å². The van der Waals surface area contributed by atoms with Gasteiger partial charge in [-0.3, -0.25) is 9.69 Å². The quantitative estimate of drug-likeness (QED) is 0.589. The molecule has 3 atom stereocenters. The number of amides is 1. The average Bonchev–Trinajstić information content (AvgIpc) is 3.27. The van der Waals surface area contributed by atoms with Gasteiger partial charge in [0.1, 0.15) is 0 Å². The van der Waals surface area contributed by atoms with Crippen LogP contribution in [0.2, 0.25) is 0 Å². The van der Waals surface area contributed by atoms with Crippen LogP contribution in [0.1, 0.15) is 51.0 Å². The first kappa shape index (κ1) is 23.7. The van der Waals surface area contributed by atoms with Crippen molar-refractivity contribution in [3.05, 3.63) is 29.8 Å². The maximum absolute atomic E-state index is 13.5. The van der Waals surface area contributed by atoms with E-state index in [1.54, 1.807) is 12.1 Å². The number of hydrogen-bond donors (Lipinski definition) is 0. The molecule has 0 bridgehead atoms. The maximum atomic E-state index is 13.5. The SMILES string of the molecule is CCC[C@H]1C(=O)N(S(C)(=O)=O)[C@H]2CCN(S(=O)(=O)c3ccc(CN4CCCCC4)cc3)[C@H]12. The summed E-state index contributed by atoms with van der Waals surface area (Å²) in [5, 5.41) is 0. The van der Waals surface area contributed by atoms with Gasteiger partial charge in [-0.15, -0.1) is 0 Å². The molecule has 0 aliphatic carbocycles. The summed E-state index contributed by atoms with van der Waals surface area (Å²) in [7, 11) is -7.59. The van der Waals surface area contributed by atoms with E-state index in [2.05, 4.69) is 4.90 Å². The van der Waals surface area contributed by atoms with Gasteiger partial charge >= 0.3 is 0 Å². The first-order valence-corrected chi connectivity index (χ1v) is 14.8. The van der Waals surface area contributed by atoms with Gasteiger partial charge in [-0.25, -0.2) is 21.1 Å². The van der Waals surface area contributed by atoms with Crippen LogP contribution in [0.25, 0.3) is 0 Å². The Balaban J connectivity index is 1.57. The summed E-state index contributed by atoms with van der Waals surface area (Å²) < 4.78 is 54.0. The second-order valence-electron chi connectivity index (χ2n) is 9.24. The van der Waals surface area contributed by atoms with Gasteiger partial charge in [-0.2, -0.15) is 4.31 Å². The van der Waals surface area contributed by atoms with Gasteiger partial charge in [0.15, 0.2) is 0 Å². The zero-order valence-electron chi connectivity index (χ0n) is 18.8. The van der Waals surface area contributed by atoms with E-state index < -0.39 is 44.0 Å². The summed E-state index contributed by atoms with van der Waals surface area (Å²) in [5.41, 5.74) is 1.08. The zero-order valence-corrected chi connectivity index (χ0v) is 20.4. The minimum Gasteiger partial charge on any atom is -0.299 e. The van der Waals surface area contributed by atoms with Crippen molar-refractivity contribution >= 4 is 26.0 Å². The number of sulfonamides is 2. The molecule has 0 spiro atoms. The number of piperidine rings is 1. The maximum Gasteiger partial charge on any atom is 0.243 e. The number of rotatable bonds is 7. The van der Waals surface area contributed by atoms with Crippen molar-refractivity contribution in [2.45, 2.75) is 69.0 Å². The molecule has 0 N–H and O–H groups in total. The highest BCUT2D eigenvalue weighted by molar-refractivity contribution is 7.89. The summed E-state index contributed by atoms with van der Waals surface area (Å²) in [4.78, 5) is 15.5. The Kier molecular flexibility index (Phi) is 6.68. The van der Waals surface area contributed by atoms with Gasteiger partial charge in [0, 0.05) is 13.1 Å². The second-order valence-corrected chi connectivity index (χ2v) is 13.0. The van der Waals surface area contributed by atoms with Crippen molar-refractivity contribution in [1.29, 1.82) is 0 Å². The molecule has 1 aromatic carbocycles. The molecule has 0 saturated carbocycles. The van der Waals surface area contributed by atoms with E-state index in [0.29, 0.717) is 19.3 Å². The molecule has 0 radical (unpaired) electrons. The topological polar surface area (TPSA) is 95.1 Å². The fourth-order valence-electron chi connectivity index (χ4n) is 5.54.